The van der Waals surface area contributed by atoms with Gasteiger partial charge in [0.05, 0.1) is 27.7 Å². The Morgan fingerprint density at radius 2 is 1.77 bits per heavy atom. The number of rotatable bonds is 3. The maximum absolute atomic E-state index is 10.5. The van der Waals surface area contributed by atoms with Crippen molar-refractivity contribution in [3.8, 4) is 17.2 Å². The monoisotopic (exact) mass is 427 g/mol. The molecule has 30 heavy (non-hydrogen) atoms. The van der Waals surface area contributed by atoms with Gasteiger partial charge < -0.3 is 29.3 Å². The summed E-state index contributed by atoms with van der Waals surface area (Å²) in [5.74, 6) is -1.98. The number of carboxylic acid groups (broad SMARTS) is 1. The van der Waals surface area contributed by atoms with Crippen LogP contribution >= 0.6 is 0 Å². The highest BCUT2D eigenvalue weighted by molar-refractivity contribution is 5.70. The van der Waals surface area contributed by atoms with Crippen LogP contribution in [0.25, 0.3) is 0 Å². The minimum absolute atomic E-state index is 0.198. The van der Waals surface area contributed by atoms with Crippen molar-refractivity contribution in [1.82, 2.24) is 0 Å². The SMILES string of the molecule is COc1cc2c(cc1O)C(Cc1ccc(O)cc1)[N+](C)(C)CC2.O=C([O-])C(F)(F)F. The highest BCUT2D eigenvalue weighted by Gasteiger charge is 2.36. The van der Waals surface area contributed by atoms with Crippen molar-refractivity contribution >= 4 is 5.97 Å². The zero-order valence-corrected chi connectivity index (χ0v) is 16.9. The quantitative estimate of drug-likeness (QED) is 0.734. The number of ether oxygens (including phenoxy) is 1. The van der Waals surface area contributed by atoms with E-state index in [1.54, 1.807) is 19.2 Å². The number of quaternary nitrogens is 1. The molecule has 1 heterocycles. The fraction of sp³-hybridized carbons (Fsp3) is 0.381. The number of aromatic hydroxyl groups is 2. The molecular formula is C21H24F3NO5. The molecule has 6 nitrogen and oxygen atoms in total. The molecule has 3 rings (SSSR count). The van der Waals surface area contributed by atoms with Gasteiger partial charge in [0.2, 0.25) is 0 Å². The second-order valence-corrected chi connectivity index (χ2v) is 7.65. The number of nitrogens with zero attached hydrogens (tertiary/aromatic N) is 1. The summed E-state index contributed by atoms with van der Waals surface area (Å²) in [6.45, 7) is 1.05. The van der Waals surface area contributed by atoms with Crippen LogP contribution in [0.3, 0.4) is 0 Å². The summed E-state index contributed by atoms with van der Waals surface area (Å²) >= 11 is 0. The molecule has 0 aliphatic carbocycles. The predicted octanol–water partition coefficient (Wildman–Crippen LogP) is 2.32. The largest absolute Gasteiger partial charge is 0.542 e. The Kier molecular flexibility index (Phi) is 6.87. The first-order valence-corrected chi connectivity index (χ1v) is 9.13. The molecule has 0 spiro atoms. The average Bonchev–Trinajstić information content (AvgIpc) is 2.65. The number of alkyl halides is 3. The van der Waals surface area contributed by atoms with E-state index in [9.17, 15) is 23.4 Å². The summed E-state index contributed by atoms with van der Waals surface area (Å²) in [6.07, 6.45) is -3.35. The van der Waals surface area contributed by atoms with E-state index >= 15 is 0 Å². The van der Waals surface area contributed by atoms with E-state index in [4.69, 9.17) is 14.6 Å². The molecule has 0 saturated heterocycles. The Morgan fingerprint density at radius 1 is 1.20 bits per heavy atom. The number of benzene rings is 2. The molecule has 1 unspecified atom stereocenters. The molecule has 2 aromatic rings. The number of aliphatic carboxylic acids is 1. The van der Waals surface area contributed by atoms with Crippen LogP contribution in [0.2, 0.25) is 0 Å². The highest BCUT2D eigenvalue weighted by Crippen LogP contribution is 2.41. The lowest BCUT2D eigenvalue weighted by atomic mass is 9.87. The molecule has 1 aliphatic rings. The van der Waals surface area contributed by atoms with Crippen molar-refractivity contribution in [2.75, 3.05) is 27.7 Å². The highest BCUT2D eigenvalue weighted by atomic mass is 19.4. The number of carboxylic acids is 1. The van der Waals surface area contributed by atoms with Crippen LogP contribution < -0.4 is 9.84 Å². The molecule has 9 heteroatoms. The van der Waals surface area contributed by atoms with Crippen molar-refractivity contribution in [2.45, 2.75) is 25.1 Å². The lowest BCUT2D eigenvalue weighted by molar-refractivity contribution is -0.923. The summed E-state index contributed by atoms with van der Waals surface area (Å²) in [4.78, 5) is 8.78. The van der Waals surface area contributed by atoms with E-state index < -0.39 is 12.1 Å². The van der Waals surface area contributed by atoms with Crippen molar-refractivity contribution in [1.29, 1.82) is 0 Å². The zero-order chi connectivity index (χ0) is 22.7. The van der Waals surface area contributed by atoms with E-state index in [0.29, 0.717) is 5.75 Å². The third-order valence-electron chi connectivity index (χ3n) is 5.20. The van der Waals surface area contributed by atoms with E-state index in [1.807, 2.05) is 24.3 Å². The number of likely N-dealkylation sites (N-methyl/N-ethyl adjacent to an activating group) is 1. The van der Waals surface area contributed by atoms with E-state index in [2.05, 4.69) is 14.1 Å². The number of phenols is 2. The molecule has 0 radical (unpaired) electrons. The molecule has 2 aromatic carbocycles. The third kappa shape index (κ3) is 5.56. The van der Waals surface area contributed by atoms with Crippen molar-refractivity contribution in [3.05, 3.63) is 53.1 Å². The molecule has 0 fully saturated rings. The molecule has 164 valence electrons. The van der Waals surface area contributed by atoms with Crippen LogP contribution in [0.15, 0.2) is 36.4 Å². The summed E-state index contributed by atoms with van der Waals surface area (Å²) in [7, 11) is 6.04. The number of fused-ring (bicyclic) bond motifs is 1. The topological polar surface area (TPSA) is 89.8 Å². The van der Waals surface area contributed by atoms with Crippen LogP contribution in [-0.4, -0.2) is 54.6 Å². The van der Waals surface area contributed by atoms with Gasteiger partial charge >= 0.3 is 6.18 Å². The molecule has 1 atom stereocenters. The molecule has 1 aliphatic heterocycles. The minimum atomic E-state index is -5.19. The Hall–Kier alpha value is -2.94. The fourth-order valence-corrected chi connectivity index (χ4v) is 3.47. The molecule has 0 aromatic heterocycles. The molecule has 2 N–H and O–H groups in total. The molecular weight excluding hydrogens is 403 g/mol. The van der Waals surface area contributed by atoms with E-state index in [1.165, 1.54) is 16.7 Å². The van der Waals surface area contributed by atoms with Gasteiger partial charge in [0.1, 0.15) is 17.8 Å². The van der Waals surface area contributed by atoms with Crippen LogP contribution in [0, 0.1) is 0 Å². The third-order valence-corrected chi connectivity index (χ3v) is 5.20. The second-order valence-electron chi connectivity index (χ2n) is 7.65. The van der Waals surface area contributed by atoms with Gasteiger partial charge in [-0.25, -0.2) is 0 Å². The maximum Gasteiger partial charge on any atom is 0.430 e. The van der Waals surface area contributed by atoms with Gasteiger partial charge in [0, 0.05) is 18.4 Å². The summed E-state index contributed by atoms with van der Waals surface area (Å²) in [5, 5.41) is 28.4. The van der Waals surface area contributed by atoms with Gasteiger partial charge in [0.25, 0.3) is 0 Å². The number of halogens is 3. The lowest BCUT2D eigenvalue weighted by Gasteiger charge is -2.43. The van der Waals surface area contributed by atoms with Gasteiger partial charge in [-0.2, -0.15) is 13.2 Å². The van der Waals surface area contributed by atoms with Gasteiger partial charge in [-0.3, -0.25) is 0 Å². The number of phenolic OH excluding ortho intramolecular Hbond substituents is 2. The van der Waals surface area contributed by atoms with Gasteiger partial charge in [-0.15, -0.1) is 0 Å². The number of hydrogen-bond donors (Lipinski definition) is 2. The number of carbonyl (C=O) groups excluding carboxylic acids is 1. The molecule has 0 saturated carbocycles. The summed E-state index contributed by atoms with van der Waals surface area (Å²) < 4.78 is 37.7. The van der Waals surface area contributed by atoms with Gasteiger partial charge in [0.15, 0.2) is 11.5 Å². The van der Waals surface area contributed by atoms with E-state index in [-0.39, 0.29) is 17.5 Å². The number of hydrogen-bond acceptors (Lipinski definition) is 5. The number of carbonyl (C=O) groups is 1. The first-order valence-electron chi connectivity index (χ1n) is 9.13. The first kappa shape index (κ1) is 23.3. The van der Waals surface area contributed by atoms with Gasteiger partial charge in [-0.05, 0) is 35.4 Å². The predicted molar refractivity (Wildman–Crippen MR) is 101 cm³/mol. The van der Waals surface area contributed by atoms with Crippen LogP contribution in [0.1, 0.15) is 22.7 Å². The van der Waals surface area contributed by atoms with Crippen molar-refractivity contribution < 1.29 is 42.5 Å². The number of methoxy groups -OCH3 is 1. The Morgan fingerprint density at radius 3 is 2.27 bits per heavy atom. The van der Waals surface area contributed by atoms with Crippen molar-refractivity contribution in [2.24, 2.45) is 0 Å². The van der Waals surface area contributed by atoms with Crippen LogP contribution in [0.4, 0.5) is 13.2 Å². The smallest absolute Gasteiger partial charge is 0.430 e. The second kappa shape index (κ2) is 8.83. The minimum Gasteiger partial charge on any atom is -0.542 e. The van der Waals surface area contributed by atoms with Crippen LogP contribution in [-0.2, 0) is 17.6 Å². The zero-order valence-electron chi connectivity index (χ0n) is 16.9. The standard InChI is InChI=1S/C19H23NO3.C2HF3O2/c1-20(2)9-8-14-11-19(23-3)18(22)12-16(14)17(20)10-13-4-6-15(21)7-5-13;3-2(4,5)1(6)7/h4-7,11-12,17H,8-10H2,1-3H3,(H-,21,22);(H,6,7). The Bertz CT molecular complexity index is 895. The van der Waals surface area contributed by atoms with Gasteiger partial charge in [-0.1, -0.05) is 12.1 Å². The lowest BCUT2D eigenvalue weighted by Crippen LogP contribution is -2.48. The Balaban J connectivity index is 0.000000396. The van der Waals surface area contributed by atoms with E-state index in [0.717, 1.165) is 23.9 Å². The molecule has 0 amide bonds. The first-order chi connectivity index (χ1) is 13.8. The average molecular weight is 427 g/mol. The maximum atomic E-state index is 10.5. The summed E-state index contributed by atoms with van der Waals surface area (Å²) in [5.41, 5.74) is 3.62. The Labute approximate surface area is 172 Å². The normalized spacial score (nSPS) is 17.3. The summed E-state index contributed by atoms with van der Waals surface area (Å²) in [6, 6.07) is 11.5. The van der Waals surface area contributed by atoms with Crippen LogP contribution in [0.5, 0.6) is 17.2 Å². The molecule has 0 bridgehead atoms. The fourth-order valence-electron chi connectivity index (χ4n) is 3.47. The van der Waals surface area contributed by atoms with Crippen molar-refractivity contribution in [3.63, 3.8) is 0 Å².